The number of aromatic nitrogens is 2. The molecule has 7 nitrogen and oxygen atoms in total. The third kappa shape index (κ3) is 5.93. The molecular formula is C25H22Cl2N4O3S2. The van der Waals surface area contributed by atoms with Crippen molar-refractivity contribution in [3.63, 3.8) is 0 Å². The molecule has 1 atom stereocenters. The molecule has 11 heteroatoms. The fraction of sp³-hybridized carbons (Fsp3) is 0.160. The summed E-state index contributed by atoms with van der Waals surface area (Å²) in [7, 11) is 1.64. The second-order valence-corrected chi connectivity index (χ2v) is 10.3. The number of hydrogen-bond acceptors (Lipinski definition) is 5. The summed E-state index contributed by atoms with van der Waals surface area (Å²) < 4.78 is 32.8. The Hall–Kier alpha value is -2.82. The molecule has 1 aromatic heterocycles. The first-order valence-electron chi connectivity index (χ1n) is 10.8. The van der Waals surface area contributed by atoms with Crippen molar-refractivity contribution in [2.24, 2.45) is 0 Å². The summed E-state index contributed by atoms with van der Waals surface area (Å²) >= 11 is 10.7. The normalized spacial score (nSPS) is 11.8. The van der Waals surface area contributed by atoms with Crippen LogP contribution < -0.4 is 4.31 Å². The van der Waals surface area contributed by atoms with Crippen LogP contribution in [0, 0.1) is 6.92 Å². The molecule has 1 N–H and O–H groups in total. The smallest absolute Gasteiger partial charge is 0.268 e. The minimum absolute atomic E-state index is 0.224. The zero-order valence-corrected chi connectivity index (χ0v) is 22.5. The number of benzene rings is 3. The number of carbonyl (C=O) groups excluding carboxylic acids is 1. The highest BCUT2D eigenvalue weighted by atomic mass is 35.5. The fourth-order valence-electron chi connectivity index (χ4n) is 3.70. The molecular weight excluding hydrogens is 539 g/mol. The average molecular weight is 562 g/mol. The zero-order chi connectivity index (χ0) is 25.8. The number of nitrogens with zero attached hydrogens (tertiary/aromatic N) is 4. The van der Waals surface area contributed by atoms with E-state index in [-0.39, 0.29) is 29.5 Å². The fourth-order valence-corrected chi connectivity index (χ4v) is 5.39. The van der Waals surface area contributed by atoms with Crippen molar-refractivity contribution in [1.82, 2.24) is 13.6 Å². The van der Waals surface area contributed by atoms with Gasteiger partial charge in [-0.25, -0.2) is 8.51 Å². The number of halogens is 2. The Morgan fingerprint density at radius 3 is 2.50 bits per heavy atom. The summed E-state index contributed by atoms with van der Waals surface area (Å²) in [5.41, 5.74) is 3.56. The first-order valence-corrected chi connectivity index (χ1v) is 13.4. The van der Waals surface area contributed by atoms with Crippen LogP contribution in [0.5, 0.6) is 0 Å². The molecule has 0 saturated carbocycles. The standard InChI is InChI=1S/C25H22Cl2N4O3S2/c1-16-8-11-20(25(32)30(2)15-18-9-10-19(26)14-21(18)27)23(12-16)31(36(33)34)24-22(28-35-29-24)13-17-6-4-3-5-7-17/h3-12,14H,13,15H2,1-2H3,(H,33,34). The molecule has 3 aromatic carbocycles. The van der Waals surface area contributed by atoms with Gasteiger partial charge in [-0.1, -0.05) is 65.7 Å². The van der Waals surface area contributed by atoms with E-state index in [9.17, 15) is 13.6 Å². The summed E-state index contributed by atoms with van der Waals surface area (Å²) in [6.07, 6.45) is 0.421. The van der Waals surface area contributed by atoms with Crippen LogP contribution in [0.2, 0.25) is 10.0 Å². The number of aryl methyl sites for hydroxylation is 1. The van der Waals surface area contributed by atoms with E-state index in [1.54, 1.807) is 43.4 Å². The van der Waals surface area contributed by atoms with Crippen molar-refractivity contribution in [1.29, 1.82) is 0 Å². The summed E-state index contributed by atoms with van der Waals surface area (Å²) in [5, 5.41) is 0.950. The van der Waals surface area contributed by atoms with Gasteiger partial charge < -0.3 is 4.90 Å². The lowest BCUT2D eigenvalue weighted by molar-refractivity contribution is 0.0786. The maximum Gasteiger partial charge on any atom is 0.268 e. The molecule has 36 heavy (non-hydrogen) atoms. The Kier molecular flexibility index (Phi) is 8.38. The first kappa shape index (κ1) is 26.2. The molecule has 186 valence electrons. The van der Waals surface area contributed by atoms with E-state index in [1.807, 2.05) is 37.3 Å². The lowest BCUT2D eigenvalue weighted by Crippen LogP contribution is -2.30. The van der Waals surface area contributed by atoms with Crippen LogP contribution in [-0.4, -0.2) is 35.4 Å². The zero-order valence-electron chi connectivity index (χ0n) is 19.4. The van der Waals surface area contributed by atoms with Crippen LogP contribution in [0.3, 0.4) is 0 Å². The quantitative estimate of drug-likeness (QED) is 0.256. The maximum atomic E-state index is 13.5. The van der Waals surface area contributed by atoms with Gasteiger partial charge in [0.1, 0.15) is 5.69 Å². The van der Waals surface area contributed by atoms with Crippen molar-refractivity contribution in [3.05, 3.63) is 105 Å². The van der Waals surface area contributed by atoms with Crippen LogP contribution in [-0.2, 0) is 24.2 Å². The Morgan fingerprint density at radius 1 is 1.06 bits per heavy atom. The lowest BCUT2D eigenvalue weighted by atomic mass is 10.1. The van der Waals surface area contributed by atoms with Gasteiger partial charge in [0.15, 0.2) is 5.82 Å². The first-order chi connectivity index (χ1) is 17.2. The summed E-state index contributed by atoms with van der Waals surface area (Å²) in [6, 6.07) is 19.8. The molecule has 0 aliphatic carbocycles. The van der Waals surface area contributed by atoms with Crippen molar-refractivity contribution in [2.45, 2.75) is 19.9 Å². The molecule has 1 unspecified atom stereocenters. The second-order valence-electron chi connectivity index (χ2n) is 8.14. The van der Waals surface area contributed by atoms with Crippen LogP contribution in [0.25, 0.3) is 0 Å². The number of anilines is 2. The predicted octanol–water partition coefficient (Wildman–Crippen LogP) is 6.29. The molecule has 1 amide bonds. The Morgan fingerprint density at radius 2 is 1.81 bits per heavy atom. The largest absolute Gasteiger partial charge is 0.337 e. The maximum absolute atomic E-state index is 13.5. The van der Waals surface area contributed by atoms with Gasteiger partial charge in [0, 0.05) is 30.1 Å². The van der Waals surface area contributed by atoms with E-state index >= 15 is 0 Å². The van der Waals surface area contributed by atoms with Crippen molar-refractivity contribution < 1.29 is 13.6 Å². The topological polar surface area (TPSA) is 86.6 Å². The average Bonchev–Trinajstić information content (AvgIpc) is 3.28. The predicted molar refractivity (Wildman–Crippen MR) is 146 cm³/mol. The van der Waals surface area contributed by atoms with Gasteiger partial charge in [0.05, 0.1) is 23.0 Å². The minimum atomic E-state index is -2.51. The molecule has 4 rings (SSSR count). The van der Waals surface area contributed by atoms with E-state index in [0.717, 1.165) is 32.7 Å². The number of carbonyl (C=O) groups is 1. The molecule has 0 bridgehead atoms. The van der Waals surface area contributed by atoms with Crippen LogP contribution in [0.4, 0.5) is 11.5 Å². The highest BCUT2D eigenvalue weighted by Crippen LogP contribution is 2.34. The van der Waals surface area contributed by atoms with E-state index < -0.39 is 11.3 Å². The molecule has 1 heterocycles. The van der Waals surface area contributed by atoms with Gasteiger partial charge in [-0.05, 0) is 47.9 Å². The molecule has 0 fully saturated rings. The lowest BCUT2D eigenvalue weighted by Gasteiger charge is -2.24. The van der Waals surface area contributed by atoms with E-state index in [1.165, 1.54) is 4.90 Å². The monoisotopic (exact) mass is 560 g/mol. The van der Waals surface area contributed by atoms with E-state index in [0.29, 0.717) is 22.2 Å². The van der Waals surface area contributed by atoms with E-state index in [2.05, 4.69) is 8.75 Å². The number of hydrogen-bond donors (Lipinski definition) is 1. The van der Waals surface area contributed by atoms with Crippen molar-refractivity contribution in [2.75, 3.05) is 11.4 Å². The SMILES string of the molecule is Cc1ccc(C(=O)N(C)Cc2ccc(Cl)cc2Cl)c(N(c2nsnc2Cc2ccccc2)S(=O)O)c1. The van der Waals surface area contributed by atoms with Gasteiger partial charge in [-0.3, -0.25) is 9.35 Å². The third-order valence-corrected chi connectivity index (χ3v) is 7.30. The second kappa shape index (κ2) is 11.5. The van der Waals surface area contributed by atoms with Crippen molar-refractivity contribution in [3.8, 4) is 0 Å². The van der Waals surface area contributed by atoms with Gasteiger partial charge in [0.2, 0.25) is 0 Å². The van der Waals surface area contributed by atoms with Crippen LogP contribution in [0.15, 0.2) is 66.7 Å². The summed E-state index contributed by atoms with van der Waals surface area (Å²) in [5.74, 6) is -0.119. The molecule has 0 saturated heterocycles. The third-order valence-electron chi connectivity index (χ3n) is 5.47. The molecule has 4 aromatic rings. The van der Waals surface area contributed by atoms with Gasteiger partial charge in [-0.15, -0.1) is 0 Å². The van der Waals surface area contributed by atoms with E-state index in [4.69, 9.17) is 23.2 Å². The minimum Gasteiger partial charge on any atom is -0.337 e. The molecule has 0 aliphatic rings. The van der Waals surface area contributed by atoms with Crippen LogP contribution >= 0.6 is 34.9 Å². The number of amides is 1. The van der Waals surface area contributed by atoms with Crippen LogP contribution in [0.1, 0.15) is 32.7 Å². The van der Waals surface area contributed by atoms with Gasteiger partial charge in [-0.2, -0.15) is 8.75 Å². The highest BCUT2D eigenvalue weighted by Gasteiger charge is 2.28. The number of rotatable bonds is 8. The Balaban J connectivity index is 1.71. The highest BCUT2D eigenvalue weighted by molar-refractivity contribution is 7.81. The molecule has 0 spiro atoms. The Bertz CT molecular complexity index is 1420. The Labute approximate surface area is 226 Å². The molecule has 0 radical (unpaired) electrons. The van der Waals surface area contributed by atoms with Gasteiger partial charge >= 0.3 is 0 Å². The van der Waals surface area contributed by atoms with Crippen molar-refractivity contribution >= 4 is 63.6 Å². The van der Waals surface area contributed by atoms with Gasteiger partial charge in [0.25, 0.3) is 17.2 Å². The summed E-state index contributed by atoms with van der Waals surface area (Å²) in [4.78, 5) is 15.0. The molecule has 0 aliphatic heterocycles. The summed E-state index contributed by atoms with van der Waals surface area (Å²) in [6.45, 7) is 2.07.